The van der Waals surface area contributed by atoms with Gasteiger partial charge >= 0.3 is 0 Å². The van der Waals surface area contributed by atoms with Gasteiger partial charge in [0, 0.05) is 28.6 Å². The van der Waals surface area contributed by atoms with E-state index in [0.29, 0.717) is 0 Å². The van der Waals surface area contributed by atoms with Gasteiger partial charge in [0.05, 0.1) is 0 Å². The summed E-state index contributed by atoms with van der Waals surface area (Å²) in [5, 5.41) is 4.68. The molecule has 0 saturated heterocycles. The zero-order valence-corrected chi connectivity index (χ0v) is 14.4. The van der Waals surface area contributed by atoms with E-state index in [2.05, 4.69) is 47.6 Å². The molecule has 0 radical (unpaired) electrons. The molecule has 24 heavy (non-hydrogen) atoms. The Labute approximate surface area is 143 Å². The second-order valence-electron chi connectivity index (χ2n) is 7.21. The van der Waals surface area contributed by atoms with Crippen LogP contribution in [-0.4, -0.2) is 16.9 Å². The van der Waals surface area contributed by atoms with Crippen molar-refractivity contribution >= 4 is 16.8 Å². The summed E-state index contributed by atoms with van der Waals surface area (Å²) in [6.07, 6.45) is 11.3. The van der Waals surface area contributed by atoms with E-state index in [-0.39, 0.29) is 17.9 Å². The molecule has 0 spiro atoms. The van der Waals surface area contributed by atoms with Crippen LogP contribution in [0.2, 0.25) is 0 Å². The van der Waals surface area contributed by atoms with E-state index in [1.165, 1.54) is 27.7 Å². The summed E-state index contributed by atoms with van der Waals surface area (Å²) < 4.78 is 0. The van der Waals surface area contributed by atoms with Gasteiger partial charge in [0.15, 0.2) is 0 Å². The zero-order chi connectivity index (χ0) is 16.5. The quantitative estimate of drug-likeness (QED) is 0.822. The van der Waals surface area contributed by atoms with Gasteiger partial charge in [0.2, 0.25) is 5.91 Å². The van der Waals surface area contributed by atoms with Crippen LogP contribution < -0.4 is 5.32 Å². The average Bonchev–Trinajstić information content (AvgIpc) is 3.00. The highest BCUT2D eigenvalue weighted by Gasteiger charge is 2.26. The van der Waals surface area contributed by atoms with Gasteiger partial charge in [0.1, 0.15) is 0 Å². The highest BCUT2D eigenvalue weighted by molar-refractivity contribution is 5.88. The maximum absolute atomic E-state index is 12.5. The summed E-state index contributed by atoms with van der Waals surface area (Å²) in [6, 6.07) is 6.87. The summed E-state index contributed by atoms with van der Waals surface area (Å²) in [4.78, 5) is 16.2. The van der Waals surface area contributed by atoms with Crippen molar-refractivity contribution in [2.75, 3.05) is 0 Å². The van der Waals surface area contributed by atoms with Crippen molar-refractivity contribution in [2.24, 2.45) is 5.92 Å². The van der Waals surface area contributed by atoms with Crippen LogP contribution in [0.15, 0.2) is 30.4 Å². The van der Waals surface area contributed by atoms with E-state index in [9.17, 15) is 4.79 Å². The van der Waals surface area contributed by atoms with Crippen LogP contribution in [0.25, 0.3) is 10.9 Å². The third kappa shape index (κ3) is 2.77. The van der Waals surface area contributed by atoms with E-state index < -0.39 is 0 Å². The molecule has 1 heterocycles. The van der Waals surface area contributed by atoms with E-state index in [1.807, 2.05) is 0 Å². The predicted octanol–water partition coefficient (Wildman–Crippen LogP) is 4.06. The Kier molecular flexibility index (Phi) is 4.17. The third-order valence-electron chi connectivity index (χ3n) is 5.68. The third-order valence-corrected chi connectivity index (χ3v) is 5.68. The van der Waals surface area contributed by atoms with Crippen molar-refractivity contribution < 1.29 is 4.79 Å². The summed E-state index contributed by atoms with van der Waals surface area (Å²) in [5.74, 6) is 0.424. The minimum absolute atomic E-state index is 0.172. The zero-order valence-electron chi connectivity index (χ0n) is 14.4. The van der Waals surface area contributed by atoms with Crippen molar-refractivity contribution in [1.82, 2.24) is 10.3 Å². The minimum atomic E-state index is 0.172. The lowest BCUT2D eigenvalue weighted by Crippen LogP contribution is -2.42. The van der Waals surface area contributed by atoms with E-state index in [0.717, 1.165) is 44.9 Å². The summed E-state index contributed by atoms with van der Waals surface area (Å²) in [5.41, 5.74) is 5.48. The molecule has 126 valence electrons. The smallest absolute Gasteiger partial charge is 0.223 e. The van der Waals surface area contributed by atoms with Gasteiger partial charge in [0.25, 0.3) is 0 Å². The number of H-pyrrole nitrogens is 1. The van der Waals surface area contributed by atoms with Gasteiger partial charge < -0.3 is 10.3 Å². The lowest BCUT2D eigenvalue weighted by Gasteiger charge is -2.26. The Bertz CT molecular complexity index is 786. The Hall–Kier alpha value is -2.03. The molecule has 3 nitrogen and oxygen atoms in total. The second kappa shape index (κ2) is 6.46. The molecule has 3 heteroatoms. The first kappa shape index (κ1) is 15.5. The molecule has 2 aromatic rings. The summed E-state index contributed by atoms with van der Waals surface area (Å²) >= 11 is 0. The number of rotatable bonds is 3. The number of aromatic nitrogens is 1. The number of carbonyl (C=O) groups excluding carboxylic acids is 1. The van der Waals surface area contributed by atoms with Gasteiger partial charge in [-0.25, -0.2) is 0 Å². The fourth-order valence-electron chi connectivity index (χ4n) is 4.27. The summed E-state index contributed by atoms with van der Waals surface area (Å²) in [6.45, 7) is 2.20. The largest absolute Gasteiger partial charge is 0.358 e. The predicted molar refractivity (Wildman–Crippen MR) is 98.1 cm³/mol. The van der Waals surface area contributed by atoms with Crippen molar-refractivity contribution in [1.29, 1.82) is 0 Å². The fraction of sp³-hybridized carbons (Fsp3) is 0.476. The number of fused-ring (bicyclic) bond motifs is 3. The number of allylic oxidation sites excluding steroid dienone is 2. The lowest BCUT2D eigenvalue weighted by molar-refractivity contribution is -0.126. The minimum Gasteiger partial charge on any atom is -0.358 e. The molecule has 2 N–H and O–H groups in total. The first-order valence-corrected chi connectivity index (χ1v) is 9.33. The SMILES string of the molecule is CCc1cccc2c3c([nH]c12)CC[C@H](NC(=O)[C@@H]1CC=CCC1)C3. The molecule has 4 rings (SSSR count). The van der Waals surface area contributed by atoms with Crippen LogP contribution in [0.3, 0.4) is 0 Å². The molecule has 0 aliphatic heterocycles. The van der Waals surface area contributed by atoms with Crippen molar-refractivity contribution in [3.63, 3.8) is 0 Å². The van der Waals surface area contributed by atoms with Crippen molar-refractivity contribution in [2.45, 2.75) is 57.9 Å². The highest BCUT2D eigenvalue weighted by Crippen LogP contribution is 2.31. The molecule has 1 amide bonds. The van der Waals surface area contributed by atoms with Gasteiger partial charge in [-0.3, -0.25) is 4.79 Å². The molecule has 0 bridgehead atoms. The standard InChI is InChI=1S/C21H26N2O/c1-2-14-9-6-10-17-18-13-16(11-12-19(18)23-20(14)17)22-21(24)15-7-4-3-5-8-15/h3-4,6,9-10,15-16,23H,2,5,7-8,11-13H2,1H3,(H,22,24)/t15-,16+/m1/s1. The molecule has 1 aromatic heterocycles. The van der Waals surface area contributed by atoms with Crippen LogP contribution in [0.5, 0.6) is 0 Å². The first-order chi connectivity index (χ1) is 11.8. The lowest BCUT2D eigenvalue weighted by atomic mass is 9.89. The molecular formula is C21H26N2O. The normalized spacial score (nSPS) is 23.2. The van der Waals surface area contributed by atoms with Gasteiger partial charge in [-0.05, 0) is 56.1 Å². The molecule has 0 unspecified atom stereocenters. The number of hydrogen-bond acceptors (Lipinski definition) is 1. The topological polar surface area (TPSA) is 44.9 Å². The van der Waals surface area contributed by atoms with Gasteiger partial charge in [-0.1, -0.05) is 37.3 Å². The molecule has 2 atom stereocenters. The Balaban J connectivity index is 1.53. The van der Waals surface area contributed by atoms with E-state index >= 15 is 0 Å². The van der Waals surface area contributed by atoms with Gasteiger partial charge in [-0.15, -0.1) is 0 Å². The van der Waals surface area contributed by atoms with E-state index in [1.54, 1.807) is 0 Å². The Morgan fingerprint density at radius 2 is 2.21 bits per heavy atom. The number of benzene rings is 1. The summed E-state index contributed by atoms with van der Waals surface area (Å²) in [7, 11) is 0. The number of amides is 1. The van der Waals surface area contributed by atoms with Crippen LogP contribution in [0.4, 0.5) is 0 Å². The molecule has 1 aromatic carbocycles. The Morgan fingerprint density at radius 3 is 3.00 bits per heavy atom. The number of nitrogens with one attached hydrogen (secondary N) is 2. The number of aromatic amines is 1. The van der Waals surface area contributed by atoms with Crippen LogP contribution in [-0.2, 0) is 24.1 Å². The highest BCUT2D eigenvalue weighted by atomic mass is 16.1. The second-order valence-corrected chi connectivity index (χ2v) is 7.21. The molecule has 0 fully saturated rings. The van der Waals surface area contributed by atoms with Gasteiger partial charge in [-0.2, -0.15) is 0 Å². The molecule has 2 aliphatic carbocycles. The van der Waals surface area contributed by atoms with E-state index in [4.69, 9.17) is 0 Å². The van der Waals surface area contributed by atoms with Crippen molar-refractivity contribution in [3.8, 4) is 0 Å². The Morgan fingerprint density at radius 1 is 1.29 bits per heavy atom. The van der Waals surface area contributed by atoms with Crippen LogP contribution >= 0.6 is 0 Å². The van der Waals surface area contributed by atoms with Crippen molar-refractivity contribution in [3.05, 3.63) is 47.2 Å². The maximum Gasteiger partial charge on any atom is 0.223 e. The van der Waals surface area contributed by atoms with Crippen LogP contribution in [0.1, 0.15) is 49.4 Å². The monoisotopic (exact) mass is 322 g/mol. The number of hydrogen-bond donors (Lipinski definition) is 2. The number of aryl methyl sites for hydroxylation is 2. The molecular weight excluding hydrogens is 296 g/mol. The maximum atomic E-state index is 12.5. The average molecular weight is 322 g/mol. The fourth-order valence-corrected chi connectivity index (χ4v) is 4.27. The first-order valence-electron chi connectivity index (χ1n) is 9.33. The number of carbonyl (C=O) groups is 1. The number of para-hydroxylation sites is 1. The molecule has 2 aliphatic rings. The molecule has 0 saturated carbocycles. The van der Waals surface area contributed by atoms with Crippen LogP contribution in [0, 0.1) is 5.92 Å².